The molecule has 1 aromatic rings. The smallest absolute Gasteiger partial charge is 0.334 e. The van der Waals surface area contributed by atoms with E-state index in [4.69, 9.17) is 14.9 Å². The second-order valence-corrected chi connectivity index (χ2v) is 3.99. The van der Waals surface area contributed by atoms with Crippen LogP contribution in [0.1, 0.15) is 12.6 Å². The van der Waals surface area contributed by atoms with Crippen LogP contribution in [-0.4, -0.2) is 51.1 Å². The highest BCUT2D eigenvalue weighted by atomic mass is 16.5. The van der Waals surface area contributed by atoms with Gasteiger partial charge in [-0.1, -0.05) is 0 Å². The van der Waals surface area contributed by atoms with Crippen molar-refractivity contribution in [2.75, 3.05) is 6.61 Å². The molecule has 0 aliphatic carbocycles. The fraction of sp³-hybridized carbons (Fsp3) is 0.556. The molecule has 2 heterocycles. The van der Waals surface area contributed by atoms with Gasteiger partial charge in [0.15, 0.2) is 0 Å². The fourth-order valence-corrected chi connectivity index (χ4v) is 1.86. The second kappa shape index (κ2) is 5.06. The Labute approximate surface area is 102 Å². The number of aromatic amines is 1. The molecule has 0 saturated carbocycles. The molecule has 1 fully saturated rings. The Kier molecular flexibility index (Phi) is 3.67. The van der Waals surface area contributed by atoms with E-state index in [1.54, 1.807) is 0 Å². The SMILES string of the molecule is O=c1[nH]c(=O)n([C@H]2C[C@@H](O)C(CO)O2)cc1[B]O. The average Bonchev–Trinajstić information content (AvgIpc) is 2.70. The van der Waals surface area contributed by atoms with E-state index in [0.29, 0.717) is 7.48 Å². The molecule has 0 amide bonds. The van der Waals surface area contributed by atoms with Crippen molar-refractivity contribution in [3.8, 4) is 0 Å². The van der Waals surface area contributed by atoms with Crippen molar-refractivity contribution in [3.63, 3.8) is 0 Å². The number of hydrogen-bond donors (Lipinski definition) is 4. The molecule has 0 bridgehead atoms. The molecule has 9 heteroatoms. The number of rotatable bonds is 3. The summed E-state index contributed by atoms with van der Waals surface area (Å²) in [5, 5.41) is 27.3. The van der Waals surface area contributed by atoms with Gasteiger partial charge in [-0.25, -0.2) is 4.79 Å². The third-order valence-corrected chi connectivity index (χ3v) is 2.83. The zero-order chi connectivity index (χ0) is 13.3. The Morgan fingerprint density at radius 3 is 2.83 bits per heavy atom. The number of aliphatic hydroxyl groups is 2. The Balaban J connectivity index is 2.35. The lowest BCUT2D eigenvalue weighted by Gasteiger charge is -2.14. The van der Waals surface area contributed by atoms with Crippen molar-refractivity contribution >= 4 is 12.9 Å². The lowest BCUT2D eigenvalue weighted by molar-refractivity contribution is -0.0458. The summed E-state index contributed by atoms with van der Waals surface area (Å²) in [6, 6.07) is 0. The molecule has 2 rings (SSSR count). The van der Waals surface area contributed by atoms with E-state index in [-0.39, 0.29) is 18.5 Å². The first-order valence-corrected chi connectivity index (χ1v) is 5.34. The predicted octanol–water partition coefficient (Wildman–Crippen LogP) is -3.59. The number of ether oxygens (including phenoxy) is 1. The van der Waals surface area contributed by atoms with Gasteiger partial charge < -0.3 is 20.0 Å². The Morgan fingerprint density at radius 2 is 2.28 bits per heavy atom. The molecule has 8 nitrogen and oxygen atoms in total. The van der Waals surface area contributed by atoms with Crippen LogP contribution in [0.4, 0.5) is 0 Å². The monoisotopic (exact) mass is 255 g/mol. The fourth-order valence-electron chi connectivity index (χ4n) is 1.86. The minimum atomic E-state index is -0.889. The Morgan fingerprint density at radius 1 is 1.56 bits per heavy atom. The van der Waals surface area contributed by atoms with Gasteiger partial charge in [-0.2, -0.15) is 0 Å². The number of hydrogen-bond acceptors (Lipinski definition) is 6. The molecule has 3 atom stereocenters. The van der Waals surface area contributed by atoms with Crippen LogP contribution < -0.4 is 16.7 Å². The van der Waals surface area contributed by atoms with Gasteiger partial charge >= 0.3 is 13.2 Å². The molecule has 18 heavy (non-hydrogen) atoms. The molecule has 1 saturated heterocycles. The van der Waals surface area contributed by atoms with Crippen molar-refractivity contribution in [2.45, 2.75) is 24.9 Å². The highest BCUT2D eigenvalue weighted by molar-refractivity contribution is 6.45. The number of aliphatic hydroxyl groups excluding tert-OH is 2. The summed E-state index contributed by atoms with van der Waals surface area (Å²) >= 11 is 0. The molecule has 0 aromatic carbocycles. The lowest BCUT2D eigenvalue weighted by Crippen LogP contribution is -2.43. The van der Waals surface area contributed by atoms with Gasteiger partial charge in [0.05, 0.1) is 12.7 Å². The summed E-state index contributed by atoms with van der Waals surface area (Å²) in [5.41, 5.74) is -1.52. The molecular formula is C9H12BN2O6. The molecule has 97 valence electrons. The number of H-pyrrole nitrogens is 1. The third kappa shape index (κ3) is 2.25. The Bertz CT molecular complexity index is 541. The molecule has 1 radical (unpaired) electrons. The zero-order valence-electron chi connectivity index (χ0n) is 9.31. The maximum Gasteiger partial charge on any atom is 0.334 e. The average molecular weight is 255 g/mol. The van der Waals surface area contributed by atoms with E-state index in [9.17, 15) is 14.7 Å². The molecular weight excluding hydrogens is 243 g/mol. The van der Waals surface area contributed by atoms with Crippen molar-refractivity contribution in [1.82, 2.24) is 9.55 Å². The highest BCUT2D eigenvalue weighted by Gasteiger charge is 2.35. The van der Waals surface area contributed by atoms with Crippen LogP contribution in [-0.2, 0) is 4.74 Å². The van der Waals surface area contributed by atoms with Crippen LogP contribution in [0.25, 0.3) is 0 Å². The third-order valence-electron chi connectivity index (χ3n) is 2.83. The van der Waals surface area contributed by atoms with Crippen LogP contribution in [0.5, 0.6) is 0 Å². The summed E-state index contributed by atoms with van der Waals surface area (Å²) in [5.74, 6) is 0. The van der Waals surface area contributed by atoms with Crippen molar-refractivity contribution in [3.05, 3.63) is 27.0 Å². The molecule has 4 N–H and O–H groups in total. The molecule has 1 unspecified atom stereocenters. The van der Waals surface area contributed by atoms with Crippen LogP contribution in [0, 0.1) is 0 Å². The van der Waals surface area contributed by atoms with Gasteiger partial charge in [-0.3, -0.25) is 14.3 Å². The second-order valence-electron chi connectivity index (χ2n) is 3.99. The minimum Gasteiger partial charge on any atom is -0.450 e. The zero-order valence-corrected chi connectivity index (χ0v) is 9.31. The first-order valence-electron chi connectivity index (χ1n) is 5.34. The van der Waals surface area contributed by atoms with Gasteiger partial charge in [-0.05, 0) is 0 Å². The van der Waals surface area contributed by atoms with Gasteiger partial charge in [0.2, 0.25) is 5.56 Å². The first-order chi connectivity index (χ1) is 8.56. The van der Waals surface area contributed by atoms with E-state index in [1.165, 1.54) is 0 Å². The van der Waals surface area contributed by atoms with E-state index >= 15 is 0 Å². The normalized spacial score (nSPS) is 27.4. The topological polar surface area (TPSA) is 125 Å². The van der Waals surface area contributed by atoms with E-state index in [2.05, 4.69) is 0 Å². The van der Waals surface area contributed by atoms with Crippen LogP contribution in [0.15, 0.2) is 15.8 Å². The van der Waals surface area contributed by atoms with Crippen LogP contribution in [0.3, 0.4) is 0 Å². The van der Waals surface area contributed by atoms with E-state index in [1.807, 2.05) is 4.98 Å². The molecule has 1 aliphatic rings. The number of nitrogens with one attached hydrogen (secondary N) is 1. The van der Waals surface area contributed by atoms with E-state index in [0.717, 1.165) is 10.8 Å². The summed E-state index contributed by atoms with van der Waals surface area (Å²) in [6.07, 6.45) is -1.20. The molecule has 1 aromatic heterocycles. The quantitative estimate of drug-likeness (QED) is 0.414. The van der Waals surface area contributed by atoms with Gasteiger partial charge in [-0.15, -0.1) is 0 Å². The van der Waals surface area contributed by atoms with Gasteiger partial charge in [0, 0.05) is 18.1 Å². The van der Waals surface area contributed by atoms with Crippen LogP contribution >= 0.6 is 0 Å². The predicted molar refractivity (Wildman–Crippen MR) is 60.5 cm³/mol. The Hall–Kier alpha value is -1.42. The highest BCUT2D eigenvalue weighted by Crippen LogP contribution is 2.26. The summed E-state index contributed by atoms with van der Waals surface area (Å²) in [7, 11) is 0.573. The van der Waals surface area contributed by atoms with Crippen LogP contribution in [0.2, 0.25) is 0 Å². The minimum absolute atomic E-state index is 0.0971. The summed E-state index contributed by atoms with van der Waals surface area (Å²) < 4.78 is 6.33. The van der Waals surface area contributed by atoms with Gasteiger partial charge in [0.1, 0.15) is 12.3 Å². The lowest BCUT2D eigenvalue weighted by atomic mass is 9.92. The molecule has 0 spiro atoms. The summed E-state index contributed by atoms with van der Waals surface area (Å²) in [4.78, 5) is 24.8. The summed E-state index contributed by atoms with van der Waals surface area (Å²) in [6.45, 7) is -0.366. The first kappa shape index (κ1) is 13.0. The standard InChI is InChI=1S/C9H12BN2O6/c13-3-6-5(14)1-7(18-6)12-2-4(10-17)8(15)11-9(12)16/h2,5-7,13-14,17H,1,3H2,(H,11,15,16)/t5-,6?,7-/m1/s1. The number of aromatic nitrogens is 2. The maximum atomic E-state index is 11.6. The van der Waals surface area contributed by atoms with E-state index < -0.39 is 29.7 Å². The van der Waals surface area contributed by atoms with Crippen molar-refractivity contribution in [2.24, 2.45) is 0 Å². The maximum absolute atomic E-state index is 11.6. The van der Waals surface area contributed by atoms with Crippen molar-refractivity contribution < 1.29 is 20.0 Å². The number of nitrogens with zero attached hydrogens (tertiary/aromatic N) is 1. The largest absolute Gasteiger partial charge is 0.450 e. The molecule has 1 aliphatic heterocycles. The van der Waals surface area contributed by atoms with Crippen molar-refractivity contribution in [1.29, 1.82) is 0 Å². The van der Waals surface area contributed by atoms with Gasteiger partial charge in [0.25, 0.3) is 0 Å².